The fourth-order valence-electron chi connectivity index (χ4n) is 3.72. The molecule has 0 aromatic heterocycles. The number of fused-ring (bicyclic) bond motifs is 1. The first-order chi connectivity index (χ1) is 15.3. The second-order valence-corrected chi connectivity index (χ2v) is 9.80. The van der Waals surface area contributed by atoms with Crippen LogP contribution in [0.5, 0.6) is 5.75 Å². The number of nitrogens with one attached hydrogen (secondary N) is 2. The van der Waals surface area contributed by atoms with Crippen molar-refractivity contribution in [3.63, 3.8) is 0 Å². The summed E-state index contributed by atoms with van der Waals surface area (Å²) in [5.41, 5.74) is 2.03. The van der Waals surface area contributed by atoms with Crippen LogP contribution in [0.4, 0.5) is 11.4 Å². The first-order valence-electron chi connectivity index (χ1n) is 11.2. The monoisotopic (exact) mass is 451 g/mol. The topological polar surface area (TPSA) is 87.7 Å². The zero-order valence-corrected chi connectivity index (χ0v) is 20.5. The Labute approximate surface area is 195 Å². The number of carbonyl (C=O) groups is 3. The van der Waals surface area contributed by atoms with E-state index in [1.807, 2.05) is 52.8 Å². The number of hydrogen-bond donors (Lipinski definition) is 2. The van der Waals surface area contributed by atoms with Crippen molar-refractivity contribution in [1.82, 2.24) is 5.32 Å². The first-order valence-corrected chi connectivity index (χ1v) is 11.2. The minimum atomic E-state index is -1.14. The maximum absolute atomic E-state index is 13.2. The highest BCUT2D eigenvalue weighted by Crippen LogP contribution is 2.38. The number of aryl methyl sites for hydroxylation is 2. The zero-order valence-electron chi connectivity index (χ0n) is 20.5. The lowest BCUT2D eigenvalue weighted by Gasteiger charge is -2.38. The Morgan fingerprint density at radius 3 is 2.30 bits per heavy atom. The fraction of sp³-hybridized carbons (Fsp3) is 0.423. The maximum atomic E-state index is 13.2. The van der Waals surface area contributed by atoms with Gasteiger partial charge in [0.2, 0.25) is 5.91 Å². The highest BCUT2D eigenvalue weighted by Gasteiger charge is 2.42. The first kappa shape index (κ1) is 24.3. The van der Waals surface area contributed by atoms with E-state index in [0.717, 1.165) is 17.5 Å². The van der Waals surface area contributed by atoms with Gasteiger partial charge < -0.3 is 15.4 Å². The van der Waals surface area contributed by atoms with E-state index >= 15 is 0 Å². The number of nitrogens with zero attached hydrogens (tertiary/aromatic N) is 1. The summed E-state index contributed by atoms with van der Waals surface area (Å²) in [6, 6.07) is 10.7. The van der Waals surface area contributed by atoms with Gasteiger partial charge in [-0.1, -0.05) is 13.0 Å². The van der Waals surface area contributed by atoms with Crippen molar-refractivity contribution in [2.75, 3.05) is 16.8 Å². The van der Waals surface area contributed by atoms with Crippen LogP contribution in [0.25, 0.3) is 0 Å². The molecule has 2 aromatic rings. The second-order valence-electron chi connectivity index (χ2n) is 9.80. The van der Waals surface area contributed by atoms with Crippen LogP contribution in [0.1, 0.15) is 62.5 Å². The summed E-state index contributed by atoms with van der Waals surface area (Å²) in [7, 11) is 0. The molecule has 0 aliphatic carbocycles. The Hall–Kier alpha value is -3.35. The third-order valence-corrected chi connectivity index (χ3v) is 5.78. The van der Waals surface area contributed by atoms with E-state index in [1.54, 1.807) is 32.0 Å². The maximum Gasteiger partial charge on any atom is 0.271 e. The molecule has 0 atom stereocenters. The van der Waals surface area contributed by atoms with Gasteiger partial charge in [-0.05, 0) is 89.4 Å². The van der Waals surface area contributed by atoms with Crippen LogP contribution in [-0.2, 0) is 9.59 Å². The lowest BCUT2D eigenvalue weighted by molar-refractivity contribution is -0.133. The SMILES string of the molecule is CCC(C)(C)NC(=O)c1ccc2c(c1)N(CC(=O)Nc1cc(C)cc(C)c1)C(=O)C(C)(C)O2. The van der Waals surface area contributed by atoms with Crippen molar-refractivity contribution in [1.29, 1.82) is 0 Å². The molecule has 176 valence electrons. The molecule has 0 bridgehead atoms. The van der Waals surface area contributed by atoms with Gasteiger partial charge in [0.25, 0.3) is 11.8 Å². The van der Waals surface area contributed by atoms with Crippen LogP contribution in [-0.4, -0.2) is 35.4 Å². The summed E-state index contributed by atoms with van der Waals surface area (Å²) < 4.78 is 5.90. The van der Waals surface area contributed by atoms with Crippen LogP contribution in [0, 0.1) is 13.8 Å². The van der Waals surface area contributed by atoms with Crippen molar-refractivity contribution in [2.45, 2.75) is 66.0 Å². The second kappa shape index (κ2) is 8.89. The Balaban J connectivity index is 1.90. The van der Waals surface area contributed by atoms with Gasteiger partial charge in [0.15, 0.2) is 5.60 Å². The van der Waals surface area contributed by atoms with E-state index in [4.69, 9.17) is 4.74 Å². The highest BCUT2D eigenvalue weighted by atomic mass is 16.5. The molecule has 0 saturated carbocycles. The molecule has 1 heterocycles. The van der Waals surface area contributed by atoms with Crippen LogP contribution in [0.15, 0.2) is 36.4 Å². The van der Waals surface area contributed by atoms with E-state index in [0.29, 0.717) is 22.7 Å². The molecule has 2 aromatic carbocycles. The third-order valence-electron chi connectivity index (χ3n) is 5.78. The standard InChI is InChI=1S/C26H33N3O4/c1-8-25(4,5)28-23(31)18-9-10-21-20(14-18)29(24(32)26(6,7)33-21)15-22(30)27-19-12-16(2)11-17(3)13-19/h9-14H,8,15H2,1-7H3,(H,27,30)(H,28,31). The van der Waals surface area contributed by atoms with Gasteiger partial charge in [-0.2, -0.15) is 0 Å². The molecule has 1 aliphatic rings. The summed E-state index contributed by atoms with van der Waals surface area (Å²) in [6.45, 7) is 12.9. The highest BCUT2D eigenvalue weighted by molar-refractivity contribution is 6.08. The third kappa shape index (κ3) is 5.53. The number of amides is 3. The van der Waals surface area contributed by atoms with E-state index in [1.165, 1.54) is 4.90 Å². The minimum Gasteiger partial charge on any atom is -0.476 e. The van der Waals surface area contributed by atoms with Gasteiger partial charge in [-0.3, -0.25) is 19.3 Å². The van der Waals surface area contributed by atoms with Crippen LogP contribution in [0.2, 0.25) is 0 Å². The number of hydrogen-bond acceptors (Lipinski definition) is 4. The normalized spacial score (nSPS) is 14.9. The average molecular weight is 452 g/mol. The Morgan fingerprint density at radius 2 is 1.70 bits per heavy atom. The van der Waals surface area contributed by atoms with Gasteiger partial charge >= 0.3 is 0 Å². The molecule has 7 nitrogen and oxygen atoms in total. The van der Waals surface area contributed by atoms with Crippen molar-refractivity contribution in [2.24, 2.45) is 0 Å². The quantitative estimate of drug-likeness (QED) is 0.683. The average Bonchev–Trinajstić information content (AvgIpc) is 2.69. The van der Waals surface area contributed by atoms with E-state index < -0.39 is 5.60 Å². The number of benzene rings is 2. The number of carbonyl (C=O) groups excluding carboxylic acids is 3. The summed E-state index contributed by atoms with van der Waals surface area (Å²) in [6.07, 6.45) is 0.768. The van der Waals surface area contributed by atoms with E-state index in [9.17, 15) is 14.4 Å². The number of anilines is 2. The smallest absolute Gasteiger partial charge is 0.271 e. The van der Waals surface area contributed by atoms with Crippen molar-refractivity contribution in [3.8, 4) is 5.75 Å². The molecule has 3 amide bonds. The zero-order chi connectivity index (χ0) is 24.6. The predicted molar refractivity (Wildman–Crippen MR) is 130 cm³/mol. The molecule has 0 unspecified atom stereocenters. The van der Waals surface area contributed by atoms with Gasteiger partial charge in [0.1, 0.15) is 12.3 Å². The number of ether oxygens (including phenoxy) is 1. The molecule has 2 N–H and O–H groups in total. The molecule has 0 fully saturated rings. The van der Waals surface area contributed by atoms with Crippen molar-refractivity contribution >= 4 is 29.1 Å². The summed E-state index contributed by atoms with van der Waals surface area (Å²) in [5.74, 6) is -0.484. The molecular formula is C26H33N3O4. The van der Waals surface area contributed by atoms with E-state index in [-0.39, 0.29) is 29.8 Å². The van der Waals surface area contributed by atoms with E-state index in [2.05, 4.69) is 10.6 Å². The van der Waals surface area contributed by atoms with Gasteiger partial charge in [0, 0.05) is 16.8 Å². The molecule has 3 rings (SSSR count). The Bertz CT molecular complexity index is 1080. The predicted octanol–water partition coefficient (Wildman–Crippen LogP) is 4.36. The summed E-state index contributed by atoms with van der Waals surface area (Å²) in [4.78, 5) is 40.3. The van der Waals surface area contributed by atoms with Crippen LogP contribution >= 0.6 is 0 Å². The molecular weight excluding hydrogens is 418 g/mol. The molecule has 0 radical (unpaired) electrons. The Kier molecular flexibility index (Phi) is 6.54. The van der Waals surface area contributed by atoms with Gasteiger partial charge in [-0.15, -0.1) is 0 Å². The molecule has 33 heavy (non-hydrogen) atoms. The van der Waals surface area contributed by atoms with Crippen LogP contribution < -0.4 is 20.3 Å². The molecule has 0 saturated heterocycles. The Morgan fingerprint density at radius 1 is 1.06 bits per heavy atom. The van der Waals surface area contributed by atoms with Crippen molar-refractivity contribution < 1.29 is 19.1 Å². The fourth-order valence-corrected chi connectivity index (χ4v) is 3.72. The lowest BCUT2D eigenvalue weighted by atomic mass is 10.00. The number of rotatable bonds is 6. The summed E-state index contributed by atoms with van der Waals surface area (Å²) >= 11 is 0. The summed E-state index contributed by atoms with van der Waals surface area (Å²) in [5, 5.41) is 5.87. The van der Waals surface area contributed by atoms with Crippen LogP contribution in [0.3, 0.4) is 0 Å². The molecule has 7 heteroatoms. The minimum absolute atomic E-state index is 0.197. The lowest BCUT2D eigenvalue weighted by Crippen LogP contribution is -2.54. The largest absolute Gasteiger partial charge is 0.476 e. The molecule has 0 spiro atoms. The van der Waals surface area contributed by atoms with Gasteiger partial charge in [0.05, 0.1) is 5.69 Å². The van der Waals surface area contributed by atoms with Crippen molar-refractivity contribution in [3.05, 3.63) is 53.1 Å². The molecule has 1 aliphatic heterocycles. The van der Waals surface area contributed by atoms with Gasteiger partial charge in [-0.25, -0.2) is 0 Å².